The number of amides is 1. The van der Waals surface area contributed by atoms with Gasteiger partial charge in [-0.15, -0.1) is 0 Å². The molecule has 1 amide bonds. The largest absolute Gasteiger partial charge is 0.391 e. The van der Waals surface area contributed by atoms with Gasteiger partial charge in [0.15, 0.2) is 0 Å². The lowest BCUT2D eigenvalue weighted by atomic mass is 9.91. The summed E-state index contributed by atoms with van der Waals surface area (Å²) in [7, 11) is 1.78. The van der Waals surface area contributed by atoms with Crippen LogP contribution in [0.4, 0.5) is 0 Å². The van der Waals surface area contributed by atoms with Crippen molar-refractivity contribution in [2.24, 2.45) is 0 Å². The van der Waals surface area contributed by atoms with E-state index in [1.54, 1.807) is 18.0 Å². The zero-order valence-electron chi connectivity index (χ0n) is 11.2. The molecule has 0 spiro atoms. The zero-order chi connectivity index (χ0) is 13.8. The lowest BCUT2D eigenvalue weighted by Crippen LogP contribution is -2.46. The number of likely N-dealkylation sites (N-methyl/N-ethyl adjacent to an activating group) is 1. The minimum Gasteiger partial charge on any atom is -0.391 e. The fourth-order valence-corrected chi connectivity index (χ4v) is 2.89. The maximum Gasteiger partial charge on any atom is 0.227 e. The van der Waals surface area contributed by atoms with Gasteiger partial charge in [-0.1, -0.05) is 36.6 Å². The summed E-state index contributed by atoms with van der Waals surface area (Å²) >= 11 is 5.91. The van der Waals surface area contributed by atoms with Crippen molar-refractivity contribution < 1.29 is 9.90 Å². The maximum atomic E-state index is 12.2. The summed E-state index contributed by atoms with van der Waals surface area (Å²) in [5.74, 6) is 0.0354. The van der Waals surface area contributed by atoms with Gasteiger partial charge in [-0.3, -0.25) is 4.79 Å². The Bertz CT molecular complexity index is 450. The van der Waals surface area contributed by atoms with Crippen LogP contribution in [0, 0.1) is 0 Å². The molecule has 4 heteroatoms. The highest BCUT2D eigenvalue weighted by atomic mass is 35.5. The smallest absolute Gasteiger partial charge is 0.227 e. The van der Waals surface area contributed by atoms with Crippen molar-refractivity contribution in [3.05, 3.63) is 34.9 Å². The molecule has 104 valence electrons. The van der Waals surface area contributed by atoms with Crippen LogP contribution in [-0.4, -0.2) is 35.1 Å². The lowest BCUT2D eigenvalue weighted by Gasteiger charge is -2.35. The molecule has 1 aliphatic rings. The summed E-state index contributed by atoms with van der Waals surface area (Å²) in [6.07, 6.45) is 3.76. The van der Waals surface area contributed by atoms with E-state index >= 15 is 0 Å². The number of halogens is 1. The fourth-order valence-electron chi connectivity index (χ4n) is 2.67. The summed E-state index contributed by atoms with van der Waals surface area (Å²) in [6, 6.07) is 7.31. The van der Waals surface area contributed by atoms with Gasteiger partial charge >= 0.3 is 0 Å². The van der Waals surface area contributed by atoms with Crippen LogP contribution in [0.15, 0.2) is 24.3 Å². The van der Waals surface area contributed by atoms with Gasteiger partial charge < -0.3 is 10.0 Å². The molecule has 1 saturated carbocycles. The zero-order valence-corrected chi connectivity index (χ0v) is 11.9. The van der Waals surface area contributed by atoms with Crippen LogP contribution in [0.2, 0.25) is 5.02 Å². The molecule has 1 fully saturated rings. The predicted molar refractivity (Wildman–Crippen MR) is 76.2 cm³/mol. The van der Waals surface area contributed by atoms with Crippen molar-refractivity contribution in [3.8, 4) is 0 Å². The molecule has 2 atom stereocenters. The molecule has 3 nitrogen and oxygen atoms in total. The first-order valence-electron chi connectivity index (χ1n) is 6.76. The van der Waals surface area contributed by atoms with Crippen molar-refractivity contribution in [1.82, 2.24) is 4.90 Å². The fraction of sp³-hybridized carbons (Fsp3) is 0.533. The van der Waals surface area contributed by atoms with E-state index in [0.29, 0.717) is 11.4 Å². The lowest BCUT2D eigenvalue weighted by molar-refractivity contribution is -0.134. The van der Waals surface area contributed by atoms with Crippen LogP contribution in [-0.2, 0) is 11.2 Å². The third-order valence-corrected chi connectivity index (χ3v) is 4.06. The number of hydrogen-bond acceptors (Lipinski definition) is 2. The molecule has 19 heavy (non-hydrogen) atoms. The van der Waals surface area contributed by atoms with Crippen molar-refractivity contribution >= 4 is 17.5 Å². The van der Waals surface area contributed by atoms with E-state index in [4.69, 9.17) is 11.6 Å². The van der Waals surface area contributed by atoms with Gasteiger partial charge in [-0.25, -0.2) is 0 Å². The minimum absolute atomic E-state index is 0.0354. The van der Waals surface area contributed by atoms with Crippen LogP contribution < -0.4 is 0 Å². The van der Waals surface area contributed by atoms with Gasteiger partial charge in [-0.2, -0.15) is 0 Å². The molecule has 1 aromatic carbocycles. The Morgan fingerprint density at radius 2 is 2.16 bits per heavy atom. The highest BCUT2D eigenvalue weighted by Gasteiger charge is 2.29. The van der Waals surface area contributed by atoms with E-state index in [1.807, 2.05) is 18.2 Å². The third-order valence-electron chi connectivity index (χ3n) is 3.83. The van der Waals surface area contributed by atoms with Crippen molar-refractivity contribution in [2.75, 3.05) is 7.05 Å². The van der Waals surface area contributed by atoms with Gasteiger partial charge in [0.25, 0.3) is 0 Å². The molecule has 0 unspecified atom stereocenters. The predicted octanol–water partition coefficient (Wildman–Crippen LogP) is 2.64. The molecular weight excluding hydrogens is 262 g/mol. The molecule has 0 bridgehead atoms. The molecule has 1 N–H and O–H groups in total. The summed E-state index contributed by atoms with van der Waals surface area (Å²) in [5, 5.41) is 10.6. The molecular formula is C15H20ClNO2. The van der Waals surface area contributed by atoms with Crippen LogP contribution in [0.25, 0.3) is 0 Å². The Morgan fingerprint density at radius 1 is 1.42 bits per heavy atom. The summed E-state index contributed by atoms with van der Waals surface area (Å²) in [4.78, 5) is 13.9. The number of hydrogen-bond donors (Lipinski definition) is 1. The Morgan fingerprint density at radius 3 is 2.84 bits per heavy atom. The quantitative estimate of drug-likeness (QED) is 0.925. The number of benzene rings is 1. The molecule has 2 rings (SSSR count). The van der Waals surface area contributed by atoms with E-state index in [-0.39, 0.29) is 18.1 Å². The molecule has 0 aromatic heterocycles. The number of carbonyl (C=O) groups is 1. The van der Waals surface area contributed by atoms with Gasteiger partial charge in [0.2, 0.25) is 5.91 Å². The summed E-state index contributed by atoms with van der Waals surface area (Å²) < 4.78 is 0. The van der Waals surface area contributed by atoms with Gasteiger partial charge in [0.1, 0.15) is 0 Å². The molecule has 0 heterocycles. The van der Waals surface area contributed by atoms with Gasteiger partial charge in [0.05, 0.1) is 18.6 Å². The number of aliphatic hydroxyl groups excluding tert-OH is 1. The van der Waals surface area contributed by atoms with E-state index in [0.717, 1.165) is 31.2 Å². The monoisotopic (exact) mass is 281 g/mol. The first-order valence-corrected chi connectivity index (χ1v) is 7.14. The molecule has 1 aliphatic carbocycles. The van der Waals surface area contributed by atoms with Crippen molar-refractivity contribution in [1.29, 1.82) is 0 Å². The topological polar surface area (TPSA) is 40.5 Å². The van der Waals surface area contributed by atoms with Gasteiger partial charge in [0, 0.05) is 12.1 Å². The van der Waals surface area contributed by atoms with E-state index < -0.39 is 0 Å². The molecule has 0 saturated heterocycles. The number of nitrogens with zero attached hydrogens (tertiary/aromatic N) is 1. The van der Waals surface area contributed by atoms with E-state index in [9.17, 15) is 9.90 Å². The Hall–Kier alpha value is -1.06. The maximum absolute atomic E-state index is 12.2. The average Bonchev–Trinajstić information content (AvgIpc) is 2.38. The summed E-state index contributed by atoms with van der Waals surface area (Å²) in [5.41, 5.74) is 0.912. The second-order valence-corrected chi connectivity index (χ2v) is 5.67. The SMILES string of the molecule is CN(C(=O)Cc1cccc(Cl)c1)[C@@H]1CCCC[C@@H]1O. The van der Waals surface area contributed by atoms with Crippen LogP contribution in [0.5, 0.6) is 0 Å². The van der Waals surface area contributed by atoms with Crippen LogP contribution in [0.3, 0.4) is 0 Å². The Labute approximate surface area is 119 Å². The van der Waals surface area contributed by atoms with E-state index in [1.165, 1.54) is 0 Å². The van der Waals surface area contributed by atoms with E-state index in [2.05, 4.69) is 0 Å². The Balaban J connectivity index is 1.99. The second-order valence-electron chi connectivity index (χ2n) is 5.23. The Kier molecular flexibility index (Phi) is 4.83. The standard InChI is InChI=1S/C15H20ClNO2/c1-17(13-7-2-3-8-14(13)18)15(19)10-11-5-4-6-12(16)9-11/h4-6,9,13-14,18H,2-3,7-8,10H2,1H3/t13-,14+/m1/s1. The van der Waals surface area contributed by atoms with Crippen molar-refractivity contribution in [3.63, 3.8) is 0 Å². The molecule has 0 radical (unpaired) electrons. The number of aliphatic hydroxyl groups is 1. The minimum atomic E-state index is -0.387. The molecule has 0 aliphatic heterocycles. The highest BCUT2D eigenvalue weighted by molar-refractivity contribution is 6.30. The van der Waals surface area contributed by atoms with Crippen LogP contribution in [0.1, 0.15) is 31.2 Å². The number of rotatable bonds is 3. The summed E-state index contributed by atoms with van der Waals surface area (Å²) in [6.45, 7) is 0. The van der Waals surface area contributed by atoms with Crippen molar-refractivity contribution in [2.45, 2.75) is 44.2 Å². The molecule has 1 aromatic rings. The second kappa shape index (κ2) is 6.40. The first-order chi connectivity index (χ1) is 9.08. The number of carbonyl (C=O) groups excluding carboxylic acids is 1. The average molecular weight is 282 g/mol. The van der Waals surface area contributed by atoms with Crippen LogP contribution >= 0.6 is 11.6 Å². The first kappa shape index (κ1) is 14.4. The van der Waals surface area contributed by atoms with Gasteiger partial charge in [-0.05, 0) is 30.5 Å². The third kappa shape index (κ3) is 3.71. The normalized spacial score (nSPS) is 23.1. The highest BCUT2D eigenvalue weighted by Crippen LogP contribution is 2.23.